The standard InChI is InChI=1S/C41H37F3N4O8S/c1-5-56-22-23-16-34(54-3)37(35(17-23)55-4)29-11-8-26(39-30(29)13-15-48(39)2)18-33(41(50)51)46-40(49)38-31(42)20-27(21-32(38)43)47-57(52,53)28-9-6-24(7-10-28)25-12-14-45-36(44)19-25/h6-17,19-21,33,47H,5,18,22H2,1-4H3,(H,46,49)(H,50,51). The molecule has 0 saturated heterocycles. The monoisotopic (exact) mass is 802 g/mol. The molecule has 4 aromatic carbocycles. The summed E-state index contributed by atoms with van der Waals surface area (Å²) in [6.07, 6.45) is 2.77. The van der Waals surface area contributed by atoms with Gasteiger partial charge in [0.2, 0.25) is 5.95 Å². The van der Waals surface area contributed by atoms with Crippen LogP contribution < -0.4 is 19.5 Å². The Hall–Kier alpha value is -6.39. The van der Waals surface area contributed by atoms with Crippen LogP contribution in [-0.4, -0.2) is 61.8 Å². The summed E-state index contributed by atoms with van der Waals surface area (Å²) in [7, 11) is 0.466. The van der Waals surface area contributed by atoms with Crippen molar-refractivity contribution in [3.05, 3.63) is 126 Å². The number of carboxylic acids is 1. The van der Waals surface area contributed by atoms with E-state index in [9.17, 15) is 27.5 Å². The Morgan fingerprint density at radius 2 is 1.56 bits per heavy atom. The number of pyridine rings is 1. The normalized spacial score (nSPS) is 12.0. The van der Waals surface area contributed by atoms with Gasteiger partial charge in [0.15, 0.2) is 0 Å². The smallest absolute Gasteiger partial charge is 0.326 e. The maximum absolute atomic E-state index is 15.4. The van der Waals surface area contributed by atoms with Crippen LogP contribution in [0.4, 0.5) is 18.9 Å². The number of carbonyl (C=O) groups excluding carboxylic acids is 1. The summed E-state index contributed by atoms with van der Waals surface area (Å²) >= 11 is 0. The molecule has 0 aliphatic carbocycles. The molecule has 6 rings (SSSR count). The van der Waals surface area contributed by atoms with Crippen molar-refractivity contribution in [1.29, 1.82) is 0 Å². The van der Waals surface area contributed by atoms with Gasteiger partial charge in [-0.25, -0.2) is 27.0 Å². The average Bonchev–Trinajstić information content (AvgIpc) is 3.57. The van der Waals surface area contributed by atoms with Gasteiger partial charge in [-0.05, 0) is 83.3 Å². The molecule has 296 valence electrons. The highest BCUT2D eigenvalue weighted by Crippen LogP contribution is 2.44. The third-order valence-electron chi connectivity index (χ3n) is 9.20. The van der Waals surface area contributed by atoms with E-state index in [1.54, 1.807) is 29.9 Å². The summed E-state index contributed by atoms with van der Waals surface area (Å²) in [6.45, 7) is 2.76. The number of aliphatic carboxylic acids is 1. The number of rotatable bonds is 15. The largest absolute Gasteiger partial charge is 0.496 e. The zero-order valence-electron chi connectivity index (χ0n) is 31.1. The molecule has 0 radical (unpaired) electrons. The summed E-state index contributed by atoms with van der Waals surface area (Å²) in [4.78, 5) is 29.0. The summed E-state index contributed by atoms with van der Waals surface area (Å²) in [5.74, 6) is -5.37. The number of nitrogens with one attached hydrogen (secondary N) is 2. The number of carbonyl (C=O) groups is 2. The lowest BCUT2D eigenvalue weighted by molar-refractivity contribution is -0.139. The van der Waals surface area contributed by atoms with Gasteiger partial charge < -0.3 is 29.2 Å². The van der Waals surface area contributed by atoms with Gasteiger partial charge in [0.1, 0.15) is 34.7 Å². The van der Waals surface area contributed by atoms with E-state index in [1.165, 1.54) is 56.8 Å². The molecular weight excluding hydrogens is 766 g/mol. The molecule has 2 heterocycles. The lowest BCUT2D eigenvalue weighted by atomic mass is 9.94. The van der Waals surface area contributed by atoms with Gasteiger partial charge in [-0.15, -0.1) is 0 Å². The fraction of sp³-hybridized carbons (Fsp3) is 0.195. The number of hydrogen-bond donors (Lipinski definition) is 3. The summed E-state index contributed by atoms with van der Waals surface area (Å²) in [5, 5.41) is 13.1. The van der Waals surface area contributed by atoms with Crippen LogP contribution in [0.1, 0.15) is 28.4 Å². The predicted molar refractivity (Wildman–Crippen MR) is 206 cm³/mol. The molecule has 6 aromatic rings. The SMILES string of the molecule is CCOCc1cc(OC)c(-c2ccc(CC(NC(=O)c3c(F)cc(NS(=O)(=O)c4ccc(-c5ccnc(F)c5)cc4)cc3F)C(=O)O)c3c2ccn3C)c(OC)c1. The van der Waals surface area contributed by atoms with E-state index in [0.29, 0.717) is 64.6 Å². The molecule has 0 aliphatic rings. The van der Waals surface area contributed by atoms with Gasteiger partial charge in [0.05, 0.1) is 42.5 Å². The van der Waals surface area contributed by atoms with Gasteiger partial charge in [-0.2, -0.15) is 4.39 Å². The molecule has 0 bridgehead atoms. The van der Waals surface area contributed by atoms with E-state index in [1.807, 2.05) is 25.1 Å². The zero-order valence-corrected chi connectivity index (χ0v) is 31.9. The molecule has 0 aliphatic heterocycles. The van der Waals surface area contributed by atoms with Crippen molar-refractivity contribution in [2.45, 2.75) is 30.9 Å². The number of aryl methyl sites for hydroxylation is 1. The van der Waals surface area contributed by atoms with Crippen LogP contribution >= 0.6 is 0 Å². The number of aromatic nitrogens is 2. The highest BCUT2D eigenvalue weighted by Gasteiger charge is 2.28. The van der Waals surface area contributed by atoms with Crippen LogP contribution in [0.2, 0.25) is 0 Å². The van der Waals surface area contributed by atoms with E-state index < -0.39 is 56.8 Å². The van der Waals surface area contributed by atoms with Gasteiger partial charge in [0, 0.05) is 43.9 Å². The van der Waals surface area contributed by atoms with Crippen molar-refractivity contribution in [3.8, 4) is 33.8 Å². The lowest BCUT2D eigenvalue weighted by Crippen LogP contribution is -2.43. The Bertz CT molecular complexity index is 2550. The molecule has 16 heteroatoms. The number of fused-ring (bicyclic) bond motifs is 1. The number of anilines is 1. The number of ether oxygens (including phenoxy) is 3. The number of hydrogen-bond acceptors (Lipinski definition) is 8. The fourth-order valence-electron chi connectivity index (χ4n) is 6.54. The van der Waals surface area contributed by atoms with E-state index in [2.05, 4.69) is 15.0 Å². The summed E-state index contributed by atoms with van der Waals surface area (Å²) in [5.41, 5.74) is 2.66. The first kappa shape index (κ1) is 40.3. The van der Waals surface area contributed by atoms with Crippen molar-refractivity contribution in [2.24, 2.45) is 7.05 Å². The topological polar surface area (TPSA) is 158 Å². The van der Waals surface area contributed by atoms with Crippen molar-refractivity contribution < 1.29 is 50.5 Å². The zero-order chi connectivity index (χ0) is 41.0. The number of sulfonamides is 1. The average molecular weight is 803 g/mol. The number of nitrogens with zero attached hydrogens (tertiary/aromatic N) is 2. The van der Waals surface area contributed by atoms with Crippen molar-refractivity contribution in [3.63, 3.8) is 0 Å². The Morgan fingerprint density at radius 1 is 0.895 bits per heavy atom. The fourth-order valence-corrected chi connectivity index (χ4v) is 7.58. The quantitative estimate of drug-likeness (QED) is 0.0921. The van der Waals surface area contributed by atoms with Gasteiger partial charge >= 0.3 is 5.97 Å². The van der Waals surface area contributed by atoms with E-state index in [4.69, 9.17) is 14.2 Å². The first-order valence-corrected chi connectivity index (χ1v) is 18.9. The van der Waals surface area contributed by atoms with Crippen LogP contribution in [0.15, 0.2) is 96.2 Å². The van der Waals surface area contributed by atoms with Crippen LogP contribution in [-0.2, 0) is 39.6 Å². The Labute approximate surface area is 325 Å². The maximum Gasteiger partial charge on any atom is 0.326 e. The number of methoxy groups -OCH3 is 2. The predicted octanol–water partition coefficient (Wildman–Crippen LogP) is 7.10. The Balaban J connectivity index is 1.23. The third kappa shape index (κ3) is 8.56. The molecule has 0 spiro atoms. The summed E-state index contributed by atoms with van der Waals surface area (Å²) in [6, 6.07) is 16.6. The van der Waals surface area contributed by atoms with Crippen LogP contribution in [0.25, 0.3) is 33.2 Å². The van der Waals surface area contributed by atoms with Crippen molar-refractivity contribution in [2.75, 3.05) is 25.5 Å². The highest BCUT2D eigenvalue weighted by atomic mass is 32.2. The van der Waals surface area contributed by atoms with Gasteiger partial charge in [-0.3, -0.25) is 9.52 Å². The molecule has 0 saturated carbocycles. The number of amides is 1. The minimum atomic E-state index is -4.37. The molecule has 1 amide bonds. The van der Waals surface area contributed by atoms with Crippen LogP contribution in [0.3, 0.4) is 0 Å². The lowest BCUT2D eigenvalue weighted by Gasteiger charge is -2.19. The van der Waals surface area contributed by atoms with E-state index >= 15 is 8.78 Å². The van der Waals surface area contributed by atoms with Crippen LogP contribution in [0.5, 0.6) is 11.5 Å². The minimum Gasteiger partial charge on any atom is -0.496 e. The molecule has 2 aromatic heterocycles. The molecule has 1 unspecified atom stereocenters. The van der Waals surface area contributed by atoms with Crippen molar-refractivity contribution in [1.82, 2.24) is 14.9 Å². The number of halogens is 3. The molecular formula is C41H37F3N4O8S. The third-order valence-corrected chi connectivity index (χ3v) is 10.6. The second kappa shape index (κ2) is 16.8. The number of carboxylic acid groups (broad SMARTS) is 1. The first-order valence-electron chi connectivity index (χ1n) is 17.4. The van der Waals surface area contributed by atoms with Crippen LogP contribution in [0, 0.1) is 17.6 Å². The molecule has 3 N–H and O–H groups in total. The Morgan fingerprint density at radius 3 is 2.16 bits per heavy atom. The molecule has 1 atom stereocenters. The molecule has 12 nitrogen and oxygen atoms in total. The molecule has 0 fully saturated rings. The Kier molecular flexibility index (Phi) is 11.8. The maximum atomic E-state index is 15.4. The van der Waals surface area contributed by atoms with E-state index in [0.717, 1.165) is 16.5 Å². The second-order valence-electron chi connectivity index (χ2n) is 12.9. The second-order valence-corrected chi connectivity index (χ2v) is 14.5. The van der Waals surface area contributed by atoms with Gasteiger partial charge in [-0.1, -0.05) is 24.3 Å². The van der Waals surface area contributed by atoms with Crippen molar-refractivity contribution >= 4 is 38.5 Å². The summed E-state index contributed by atoms with van der Waals surface area (Å²) < 4.78 is 91.3. The molecule has 57 heavy (non-hydrogen) atoms. The van der Waals surface area contributed by atoms with E-state index in [-0.39, 0.29) is 11.3 Å². The van der Waals surface area contributed by atoms with Gasteiger partial charge in [0.25, 0.3) is 15.9 Å². The highest BCUT2D eigenvalue weighted by molar-refractivity contribution is 7.92. The minimum absolute atomic E-state index is 0.262. The number of benzene rings is 4. The first-order chi connectivity index (χ1) is 27.2.